The number of fused-ring (bicyclic) bond motifs is 1. The minimum Gasteiger partial charge on any atom is -0.338 e. The first-order chi connectivity index (χ1) is 14.8. The van der Waals surface area contributed by atoms with E-state index in [1.54, 1.807) is 19.5 Å². The second kappa shape index (κ2) is 9.02. The van der Waals surface area contributed by atoms with Gasteiger partial charge in [0.15, 0.2) is 5.82 Å². The van der Waals surface area contributed by atoms with Gasteiger partial charge in [0.1, 0.15) is 12.2 Å². The van der Waals surface area contributed by atoms with Crippen molar-refractivity contribution in [2.45, 2.75) is 39.0 Å². The summed E-state index contributed by atoms with van der Waals surface area (Å²) in [4.78, 5) is 8.94. The smallest absolute Gasteiger partial charge is 0.229 e. The Hall–Kier alpha value is -2.36. The summed E-state index contributed by atoms with van der Waals surface area (Å²) >= 11 is 6.38. The van der Waals surface area contributed by atoms with Gasteiger partial charge in [-0.2, -0.15) is 4.98 Å². The molecule has 0 saturated heterocycles. The number of anilines is 4. The Morgan fingerprint density at radius 2 is 1.77 bits per heavy atom. The molecule has 0 spiro atoms. The van der Waals surface area contributed by atoms with E-state index < -0.39 is 7.14 Å². The van der Waals surface area contributed by atoms with Gasteiger partial charge in [-0.25, -0.2) is 4.98 Å². The van der Waals surface area contributed by atoms with Gasteiger partial charge >= 0.3 is 0 Å². The minimum atomic E-state index is -2.49. The molecule has 0 atom stereocenters. The van der Waals surface area contributed by atoms with Gasteiger partial charge in [-0.15, -0.1) is 0 Å². The molecule has 0 radical (unpaired) electrons. The number of hydrogen-bond acceptors (Lipinski definition) is 5. The zero-order valence-corrected chi connectivity index (χ0v) is 19.9. The summed E-state index contributed by atoms with van der Waals surface area (Å²) in [5.74, 6) is 0.945. The van der Waals surface area contributed by atoms with Crippen LogP contribution in [-0.2, 0) is 17.4 Å². The molecule has 4 rings (SSSR count). The molecule has 1 heterocycles. The third-order valence-electron chi connectivity index (χ3n) is 5.63. The average molecular weight is 455 g/mol. The molecule has 5 nitrogen and oxygen atoms in total. The SMILES string of the molecule is Cc1cccc(Nc2nc(Nc3ccc4c(c3)CCCCC4)ncc2Cl)c1P(C)(C)=O. The Morgan fingerprint density at radius 1 is 1.00 bits per heavy atom. The molecule has 3 aromatic rings. The molecule has 7 heteroatoms. The third-order valence-corrected chi connectivity index (χ3v) is 7.58. The lowest BCUT2D eigenvalue weighted by Gasteiger charge is -2.18. The Morgan fingerprint density at radius 3 is 2.55 bits per heavy atom. The Balaban J connectivity index is 1.61. The molecule has 2 N–H and O–H groups in total. The van der Waals surface area contributed by atoms with Crippen molar-refractivity contribution in [2.75, 3.05) is 24.0 Å². The number of rotatable bonds is 5. The monoisotopic (exact) mass is 454 g/mol. The molecule has 0 amide bonds. The van der Waals surface area contributed by atoms with E-state index in [1.165, 1.54) is 30.4 Å². The number of nitrogens with one attached hydrogen (secondary N) is 2. The predicted octanol–water partition coefficient (Wildman–Crippen LogP) is 6.44. The van der Waals surface area contributed by atoms with Crippen LogP contribution in [0.5, 0.6) is 0 Å². The molecule has 162 valence electrons. The van der Waals surface area contributed by atoms with Crippen LogP contribution < -0.4 is 15.9 Å². The molecule has 1 aliphatic rings. The van der Waals surface area contributed by atoms with E-state index in [1.807, 2.05) is 25.1 Å². The maximum absolute atomic E-state index is 12.9. The van der Waals surface area contributed by atoms with E-state index in [4.69, 9.17) is 11.6 Å². The van der Waals surface area contributed by atoms with E-state index in [0.29, 0.717) is 16.8 Å². The van der Waals surface area contributed by atoms with Crippen LogP contribution in [0.3, 0.4) is 0 Å². The maximum atomic E-state index is 12.9. The molecular weight excluding hydrogens is 427 g/mol. The lowest BCUT2D eigenvalue weighted by Crippen LogP contribution is -2.14. The van der Waals surface area contributed by atoms with Gasteiger partial charge in [-0.3, -0.25) is 0 Å². The highest BCUT2D eigenvalue weighted by atomic mass is 35.5. The first kappa shape index (κ1) is 21.9. The van der Waals surface area contributed by atoms with E-state index in [2.05, 4.69) is 38.8 Å². The van der Waals surface area contributed by atoms with Gasteiger partial charge in [-0.05, 0) is 80.8 Å². The van der Waals surface area contributed by atoms with Crippen molar-refractivity contribution >= 4 is 47.2 Å². The lowest BCUT2D eigenvalue weighted by atomic mass is 10.0. The Labute approximate surface area is 189 Å². The van der Waals surface area contributed by atoms with Gasteiger partial charge in [0.2, 0.25) is 5.95 Å². The molecule has 0 fully saturated rings. The van der Waals surface area contributed by atoms with Crippen molar-refractivity contribution < 1.29 is 4.57 Å². The summed E-state index contributed by atoms with van der Waals surface area (Å²) in [7, 11) is -2.49. The van der Waals surface area contributed by atoms with Crippen molar-refractivity contribution in [2.24, 2.45) is 0 Å². The molecule has 0 aliphatic heterocycles. The normalized spacial score (nSPS) is 13.9. The number of aryl methyl sites for hydroxylation is 3. The van der Waals surface area contributed by atoms with E-state index in [9.17, 15) is 4.57 Å². The van der Waals surface area contributed by atoms with Crippen LogP contribution in [0.25, 0.3) is 0 Å². The topological polar surface area (TPSA) is 66.9 Å². The average Bonchev–Trinajstić information content (AvgIpc) is 2.94. The number of nitrogens with zero attached hydrogens (tertiary/aromatic N) is 2. The number of aromatic nitrogens is 2. The van der Waals surface area contributed by atoms with E-state index in [-0.39, 0.29) is 0 Å². The quantitative estimate of drug-likeness (QED) is 0.343. The van der Waals surface area contributed by atoms with Crippen LogP contribution in [0.4, 0.5) is 23.1 Å². The van der Waals surface area contributed by atoms with Crippen molar-refractivity contribution in [3.8, 4) is 0 Å². The van der Waals surface area contributed by atoms with Gasteiger partial charge in [-0.1, -0.05) is 36.2 Å². The molecule has 2 aromatic carbocycles. The zero-order chi connectivity index (χ0) is 22.0. The van der Waals surface area contributed by atoms with Crippen LogP contribution in [-0.4, -0.2) is 23.3 Å². The molecule has 31 heavy (non-hydrogen) atoms. The molecule has 1 aliphatic carbocycles. The highest BCUT2D eigenvalue weighted by Crippen LogP contribution is 2.40. The van der Waals surface area contributed by atoms with Crippen molar-refractivity contribution in [1.82, 2.24) is 9.97 Å². The van der Waals surface area contributed by atoms with Gasteiger partial charge in [0.25, 0.3) is 0 Å². The summed E-state index contributed by atoms with van der Waals surface area (Å²) < 4.78 is 12.9. The first-order valence-electron chi connectivity index (χ1n) is 10.6. The van der Waals surface area contributed by atoms with Gasteiger partial charge in [0, 0.05) is 11.0 Å². The fourth-order valence-electron chi connectivity index (χ4n) is 4.23. The third kappa shape index (κ3) is 5.11. The van der Waals surface area contributed by atoms with Crippen LogP contribution in [0.15, 0.2) is 42.6 Å². The molecule has 1 aromatic heterocycles. The van der Waals surface area contributed by atoms with Gasteiger partial charge < -0.3 is 15.2 Å². The van der Waals surface area contributed by atoms with Crippen LogP contribution in [0.1, 0.15) is 36.0 Å². The summed E-state index contributed by atoms with van der Waals surface area (Å²) in [6.07, 6.45) is 7.63. The molecule has 0 saturated carbocycles. The number of halogens is 1. The molecule has 0 unspecified atom stereocenters. The molecular formula is C24H28ClN4OP. The van der Waals surface area contributed by atoms with Crippen LogP contribution in [0.2, 0.25) is 5.02 Å². The first-order valence-corrected chi connectivity index (χ1v) is 13.6. The lowest BCUT2D eigenvalue weighted by molar-refractivity contribution is 0.588. The standard InChI is InChI=1S/C24H28ClN4OP/c1-16-8-7-11-21(22(16)31(2,3)30)28-23-20(25)15-26-24(29-23)27-19-13-12-17-9-5-4-6-10-18(17)14-19/h7-8,11-15H,4-6,9-10H2,1-3H3,(H2,26,27,28,29). The molecule has 0 bridgehead atoms. The highest BCUT2D eigenvalue weighted by Gasteiger charge is 2.20. The number of benzene rings is 2. The van der Waals surface area contributed by atoms with Crippen molar-refractivity contribution in [3.05, 3.63) is 64.3 Å². The fourth-order valence-corrected chi connectivity index (χ4v) is 6.01. The maximum Gasteiger partial charge on any atom is 0.229 e. The highest BCUT2D eigenvalue weighted by molar-refractivity contribution is 7.70. The predicted molar refractivity (Wildman–Crippen MR) is 132 cm³/mol. The van der Waals surface area contributed by atoms with E-state index >= 15 is 0 Å². The summed E-state index contributed by atoms with van der Waals surface area (Å²) in [6, 6.07) is 12.3. The fraction of sp³-hybridized carbons (Fsp3) is 0.333. The Bertz CT molecular complexity index is 1160. The second-order valence-corrected chi connectivity index (χ2v) is 12.1. The zero-order valence-electron chi connectivity index (χ0n) is 18.2. The van der Waals surface area contributed by atoms with Crippen molar-refractivity contribution in [1.29, 1.82) is 0 Å². The summed E-state index contributed by atoms with van der Waals surface area (Å²) in [6.45, 7) is 5.51. The van der Waals surface area contributed by atoms with Crippen LogP contribution >= 0.6 is 18.7 Å². The summed E-state index contributed by atoms with van der Waals surface area (Å²) in [5.41, 5.74) is 5.55. The number of hydrogen-bond donors (Lipinski definition) is 2. The van der Waals surface area contributed by atoms with E-state index in [0.717, 1.165) is 35.1 Å². The van der Waals surface area contributed by atoms with Crippen LogP contribution in [0, 0.1) is 6.92 Å². The second-order valence-electron chi connectivity index (χ2n) is 8.51. The minimum absolute atomic E-state index is 0.405. The van der Waals surface area contributed by atoms with Crippen molar-refractivity contribution in [3.63, 3.8) is 0 Å². The van der Waals surface area contributed by atoms with Gasteiger partial charge in [0.05, 0.1) is 11.9 Å². The Kier molecular flexibility index (Phi) is 6.36. The largest absolute Gasteiger partial charge is 0.338 e. The summed E-state index contributed by atoms with van der Waals surface area (Å²) in [5, 5.41) is 7.80.